The molecule has 94 valence electrons. The summed E-state index contributed by atoms with van der Waals surface area (Å²) in [4.78, 5) is 10.9. The number of methoxy groups -OCH3 is 1. The van der Waals surface area contributed by atoms with Crippen molar-refractivity contribution in [3.05, 3.63) is 35.4 Å². The van der Waals surface area contributed by atoms with E-state index in [1.807, 2.05) is 0 Å². The van der Waals surface area contributed by atoms with Gasteiger partial charge in [-0.15, -0.1) is 0 Å². The van der Waals surface area contributed by atoms with Crippen LogP contribution in [-0.2, 0) is 15.1 Å². The van der Waals surface area contributed by atoms with Crippen LogP contribution in [0, 0.1) is 6.92 Å². The number of ether oxygens (including phenoxy) is 1. The Morgan fingerprint density at radius 2 is 1.71 bits per heavy atom. The van der Waals surface area contributed by atoms with E-state index in [0.717, 1.165) is 24.8 Å². The number of alkyl halides is 3. The van der Waals surface area contributed by atoms with E-state index in [4.69, 9.17) is 5.11 Å². The first-order chi connectivity index (χ1) is 7.75. The maximum Gasteiger partial charge on any atom is 0.432 e. The van der Waals surface area contributed by atoms with Gasteiger partial charge < -0.3 is 9.84 Å². The van der Waals surface area contributed by atoms with E-state index in [-0.39, 0.29) is 0 Å². The second-order valence-electron chi connectivity index (χ2n) is 3.55. The molecular formula is C11H11F3O3. The smallest absolute Gasteiger partial charge is 0.432 e. The fourth-order valence-corrected chi connectivity index (χ4v) is 1.52. The third-order valence-corrected chi connectivity index (χ3v) is 2.46. The van der Waals surface area contributed by atoms with Crippen molar-refractivity contribution in [2.24, 2.45) is 0 Å². The van der Waals surface area contributed by atoms with E-state index in [2.05, 4.69) is 4.74 Å². The molecule has 0 spiro atoms. The fourth-order valence-electron chi connectivity index (χ4n) is 1.52. The van der Waals surface area contributed by atoms with Crippen LogP contribution in [0.2, 0.25) is 0 Å². The highest BCUT2D eigenvalue weighted by Gasteiger charge is 2.63. The zero-order valence-corrected chi connectivity index (χ0v) is 9.21. The van der Waals surface area contributed by atoms with Gasteiger partial charge in [-0.1, -0.05) is 29.8 Å². The Balaban J connectivity index is 3.43. The lowest BCUT2D eigenvalue weighted by atomic mass is 9.92. The van der Waals surface area contributed by atoms with Gasteiger partial charge in [-0.05, 0) is 6.92 Å². The van der Waals surface area contributed by atoms with Crippen molar-refractivity contribution in [1.82, 2.24) is 0 Å². The third kappa shape index (κ3) is 2.12. The summed E-state index contributed by atoms with van der Waals surface area (Å²) in [6, 6.07) is 5.00. The predicted molar refractivity (Wildman–Crippen MR) is 53.6 cm³/mol. The Bertz CT molecular complexity index is 411. The van der Waals surface area contributed by atoms with Crippen molar-refractivity contribution in [2.45, 2.75) is 18.7 Å². The minimum Gasteiger partial charge on any atom is -0.479 e. The van der Waals surface area contributed by atoms with E-state index in [0.29, 0.717) is 0 Å². The third-order valence-electron chi connectivity index (χ3n) is 2.46. The SMILES string of the molecule is COC(C(=O)O)(c1ccc(C)cc1)C(F)(F)F. The number of aliphatic carboxylic acids is 1. The highest BCUT2D eigenvalue weighted by atomic mass is 19.4. The normalized spacial score (nSPS) is 15.4. The maximum atomic E-state index is 12.9. The number of hydrogen-bond donors (Lipinski definition) is 1. The summed E-state index contributed by atoms with van der Waals surface area (Å²) in [5.74, 6) is -2.09. The molecule has 0 aliphatic rings. The number of rotatable bonds is 3. The summed E-state index contributed by atoms with van der Waals surface area (Å²) in [5.41, 5.74) is -3.04. The molecule has 0 radical (unpaired) electrons. The van der Waals surface area contributed by atoms with Crippen LogP contribution >= 0.6 is 0 Å². The minimum atomic E-state index is -5.04. The van der Waals surface area contributed by atoms with E-state index in [1.165, 1.54) is 12.1 Å². The number of aryl methyl sites for hydroxylation is 1. The highest BCUT2D eigenvalue weighted by Crippen LogP contribution is 2.42. The lowest BCUT2D eigenvalue weighted by Crippen LogP contribution is -2.50. The average molecular weight is 248 g/mol. The van der Waals surface area contributed by atoms with Gasteiger partial charge in [0.05, 0.1) is 0 Å². The molecule has 1 aromatic carbocycles. The molecule has 1 N–H and O–H groups in total. The number of carbonyl (C=O) groups is 1. The van der Waals surface area contributed by atoms with Crippen molar-refractivity contribution in [1.29, 1.82) is 0 Å². The maximum absolute atomic E-state index is 12.9. The van der Waals surface area contributed by atoms with Crippen molar-refractivity contribution in [3.8, 4) is 0 Å². The molecule has 3 nitrogen and oxygen atoms in total. The van der Waals surface area contributed by atoms with E-state index in [9.17, 15) is 18.0 Å². The van der Waals surface area contributed by atoms with E-state index in [1.54, 1.807) is 6.92 Å². The van der Waals surface area contributed by atoms with Gasteiger partial charge in [-0.3, -0.25) is 0 Å². The standard InChI is InChI=1S/C11H11F3O3/c1-7-3-5-8(6-4-7)10(17-2,9(15)16)11(12,13)14/h3-6H,1-2H3,(H,15,16). The zero-order valence-electron chi connectivity index (χ0n) is 9.21. The number of carboxylic acid groups (broad SMARTS) is 1. The lowest BCUT2D eigenvalue weighted by Gasteiger charge is -2.30. The number of halogens is 3. The second-order valence-corrected chi connectivity index (χ2v) is 3.55. The Hall–Kier alpha value is -1.56. The molecule has 1 unspecified atom stereocenters. The predicted octanol–water partition coefficient (Wildman–Crippen LogP) is 2.48. The summed E-state index contributed by atoms with van der Waals surface area (Å²) in [6.45, 7) is 1.69. The number of carboxylic acids is 1. The fraction of sp³-hybridized carbons (Fsp3) is 0.364. The van der Waals surface area contributed by atoms with Gasteiger partial charge in [-0.25, -0.2) is 4.79 Å². The van der Waals surface area contributed by atoms with Crippen molar-refractivity contribution < 1.29 is 27.8 Å². The average Bonchev–Trinajstić information content (AvgIpc) is 2.19. The van der Waals surface area contributed by atoms with Crippen molar-refractivity contribution in [3.63, 3.8) is 0 Å². The molecule has 1 atom stereocenters. The Morgan fingerprint density at radius 3 is 2.00 bits per heavy atom. The Kier molecular flexibility index (Phi) is 3.47. The minimum absolute atomic E-state index is 0.453. The highest BCUT2D eigenvalue weighted by molar-refractivity contribution is 5.80. The molecule has 0 saturated heterocycles. The van der Waals surface area contributed by atoms with E-state index < -0.39 is 23.3 Å². The molecule has 0 heterocycles. The van der Waals surface area contributed by atoms with Crippen LogP contribution in [0.15, 0.2) is 24.3 Å². The van der Waals surface area contributed by atoms with Crippen LogP contribution in [0.5, 0.6) is 0 Å². The van der Waals surface area contributed by atoms with Gasteiger partial charge in [0.25, 0.3) is 5.60 Å². The Labute approximate surface area is 95.8 Å². The van der Waals surface area contributed by atoms with Gasteiger partial charge >= 0.3 is 12.1 Å². The quantitative estimate of drug-likeness (QED) is 0.893. The number of hydrogen-bond acceptors (Lipinski definition) is 2. The first kappa shape index (κ1) is 13.5. The van der Waals surface area contributed by atoms with Crippen LogP contribution in [0.25, 0.3) is 0 Å². The molecule has 1 aromatic rings. The van der Waals surface area contributed by atoms with E-state index >= 15 is 0 Å². The van der Waals surface area contributed by atoms with Gasteiger partial charge in [0, 0.05) is 12.7 Å². The summed E-state index contributed by atoms with van der Waals surface area (Å²) < 4.78 is 43.0. The molecule has 17 heavy (non-hydrogen) atoms. The molecule has 0 saturated carbocycles. The van der Waals surface area contributed by atoms with Gasteiger partial charge in [0.1, 0.15) is 0 Å². The summed E-state index contributed by atoms with van der Waals surface area (Å²) in [6.07, 6.45) is -5.04. The van der Waals surface area contributed by atoms with Crippen LogP contribution in [0.4, 0.5) is 13.2 Å². The molecule has 0 aliphatic carbocycles. The number of benzene rings is 1. The van der Waals surface area contributed by atoms with Crippen LogP contribution in [0.1, 0.15) is 11.1 Å². The zero-order chi connectivity index (χ0) is 13.3. The van der Waals surface area contributed by atoms with Gasteiger partial charge in [0.2, 0.25) is 0 Å². The first-order valence-corrected chi connectivity index (χ1v) is 4.68. The topological polar surface area (TPSA) is 46.5 Å². The van der Waals surface area contributed by atoms with Crippen LogP contribution in [0.3, 0.4) is 0 Å². The molecule has 0 amide bonds. The largest absolute Gasteiger partial charge is 0.479 e. The molecule has 0 fully saturated rings. The van der Waals surface area contributed by atoms with Crippen molar-refractivity contribution in [2.75, 3.05) is 7.11 Å². The van der Waals surface area contributed by atoms with Crippen LogP contribution in [-0.4, -0.2) is 24.4 Å². The Morgan fingerprint density at radius 1 is 1.24 bits per heavy atom. The molecular weight excluding hydrogens is 237 g/mol. The molecule has 0 bridgehead atoms. The van der Waals surface area contributed by atoms with Gasteiger partial charge in [-0.2, -0.15) is 13.2 Å². The summed E-state index contributed by atoms with van der Waals surface area (Å²) >= 11 is 0. The molecule has 0 aliphatic heterocycles. The lowest BCUT2D eigenvalue weighted by molar-refractivity contribution is -0.273. The molecule has 1 rings (SSSR count). The van der Waals surface area contributed by atoms with Gasteiger partial charge in [0.15, 0.2) is 0 Å². The summed E-state index contributed by atoms with van der Waals surface area (Å²) in [7, 11) is 0.724. The summed E-state index contributed by atoms with van der Waals surface area (Å²) in [5, 5.41) is 8.84. The van der Waals surface area contributed by atoms with Crippen molar-refractivity contribution >= 4 is 5.97 Å². The van der Waals surface area contributed by atoms with Crippen LogP contribution < -0.4 is 0 Å². The monoisotopic (exact) mass is 248 g/mol. The second kappa shape index (κ2) is 4.37. The molecule has 6 heteroatoms. The molecule has 0 aromatic heterocycles. The first-order valence-electron chi connectivity index (χ1n) is 4.68.